The summed E-state index contributed by atoms with van der Waals surface area (Å²) in [7, 11) is 1.50. The zero-order valence-electron chi connectivity index (χ0n) is 16.3. The van der Waals surface area contributed by atoms with Gasteiger partial charge in [-0.3, -0.25) is 4.90 Å². The summed E-state index contributed by atoms with van der Waals surface area (Å²) in [4.78, 5) is 2.36. The molecule has 154 valence electrons. The van der Waals surface area contributed by atoms with Gasteiger partial charge in [0.25, 0.3) is 0 Å². The molecule has 0 saturated carbocycles. The number of benzene rings is 1. The Bertz CT molecular complexity index is 785. The Morgan fingerprint density at radius 1 is 1.29 bits per heavy atom. The largest absolute Gasteiger partial charge is 0.496 e. The van der Waals surface area contributed by atoms with E-state index in [9.17, 15) is 13.2 Å². The minimum atomic E-state index is -4.35. The van der Waals surface area contributed by atoms with Crippen LogP contribution in [0.5, 0.6) is 5.75 Å². The van der Waals surface area contributed by atoms with E-state index in [1.54, 1.807) is 6.07 Å². The molecule has 0 aliphatic carbocycles. The Balaban J connectivity index is 1.73. The van der Waals surface area contributed by atoms with Crippen LogP contribution in [0.1, 0.15) is 47.0 Å². The van der Waals surface area contributed by atoms with Crippen LogP contribution in [-0.2, 0) is 17.9 Å². The van der Waals surface area contributed by atoms with Crippen LogP contribution >= 0.6 is 0 Å². The Hall–Kier alpha value is -2.06. The lowest BCUT2D eigenvalue weighted by atomic mass is 10.0. The van der Waals surface area contributed by atoms with Crippen molar-refractivity contribution in [3.8, 4) is 5.75 Å². The predicted molar refractivity (Wildman–Crippen MR) is 97.1 cm³/mol. The van der Waals surface area contributed by atoms with Gasteiger partial charge in [0.1, 0.15) is 18.1 Å². The Morgan fingerprint density at radius 2 is 2.07 bits per heavy atom. The third-order valence-corrected chi connectivity index (χ3v) is 5.04. The molecule has 2 heterocycles. The van der Waals surface area contributed by atoms with Crippen molar-refractivity contribution in [1.29, 1.82) is 0 Å². The van der Waals surface area contributed by atoms with E-state index >= 15 is 0 Å². The number of ether oxygens (including phenoxy) is 2. The second-order valence-electron chi connectivity index (χ2n) is 7.12. The van der Waals surface area contributed by atoms with E-state index in [0.717, 1.165) is 42.0 Å². The van der Waals surface area contributed by atoms with E-state index in [0.29, 0.717) is 17.9 Å². The molecule has 3 rings (SSSR count). The molecule has 0 bridgehead atoms. The number of hydrogen-bond donors (Lipinski definition) is 0. The average molecular weight is 398 g/mol. The molecule has 0 N–H and O–H groups in total. The number of aryl methyl sites for hydroxylation is 2. The van der Waals surface area contributed by atoms with Gasteiger partial charge in [0.15, 0.2) is 0 Å². The van der Waals surface area contributed by atoms with Crippen LogP contribution in [0.3, 0.4) is 0 Å². The first kappa shape index (κ1) is 20.7. The molecule has 0 spiro atoms. The Kier molecular flexibility index (Phi) is 6.30. The molecule has 28 heavy (non-hydrogen) atoms. The minimum absolute atomic E-state index is 0.149. The molecular weight excluding hydrogens is 373 g/mol. The van der Waals surface area contributed by atoms with Crippen LogP contribution < -0.4 is 4.74 Å². The summed E-state index contributed by atoms with van der Waals surface area (Å²) in [5, 5.41) is 4.07. The maximum absolute atomic E-state index is 12.4. The van der Waals surface area contributed by atoms with Crippen LogP contribution in [0, 0.1) is 13.8 Å². The number of halogens is 3. The van der Waals surface area contributed by atoms with E-state index < -0.39 is 12.8 Å². The van der Waals surface area contributed by atoms with Crippen LogP contribution in [0.15, 0.2) is 22.7 Å². The molecule has 1 fully saturated rings. The van der Waals surface area contributed by atoms with Gasteiger partial charge >= 0.3 is 6.18 Å². The molecule has 1 aliphatic rings. The maximum Gasteiger partial charge on any atom is 0.411 e. The van der Waals surface area contributed by atoms with Gasteiger partial charge < -0.3 is 14.0 Å². The summed E-state index contributed by atoms with van der Waals surface area (Å²) >= 11 is 0. The highest BCUT2D eigenvalue weighted by Gasteiger charge is 2.31. The van der Waals surface area contributed by atoms with E-state index in [-0.39, 0.29) is 12.6 Å². The molecule has 0 amide bonds. The number of aromatic nitrogens is 1. The van der Waals surface area contributed by atoms with Crippen molar-refractivity contribution >= 4 is 0 Å². The van der Waals surface area contributed by atoms with Crippen LogP contribution in [0.4, 0.5) is 13.2 Å². The zero-order valence-corrected chi connectivity index (χ0v) is 16.3. The van der Waals surface area contributed by atoms with E-state index in [1.165, 1.54) is 7.11 Å². The minimum Gasteiger partial charge on any atom is -0.496 e. The van der Waals surface area contributed by atoms with Gasteiger partial charge in [0.05, 0.1) is 19.4 Å². The molecule has 8 heteroatoms. The summed E-state index contributed by atoms with van der Waals surface area (Å²) in [6, 6.07) is 5.81. The van der Waals surface area contributed by atoms with Crippen LogP contribution in [0.2, 0.25) is 0 Å². The third kappa shape index (κ3) is 4.86. The van der Waals surface area contributed by atoms with E-state index in [1.807, 2.05) is 26.0 Å². The Labute approximate surface area is 162 Å². The number of likely N-dealkylation sites (tertiary alicyclic amines) is 1. The monoisotopic (exact) mass is 398 g/mol. The first-order valence-corrected chi connectivity index (χ1v) is 9.25. The molecule has 1 aromatic carbocycles. The fourth-order valence-electron chi connectivity index (χ4n) is 3.86. The highest BCUT2D eigenvalue weighted by atomic mass is 19.4. The molecule has 2 aromatic rings. The van der Waals surface area contributed by atoms with Gasteiger partial charge in [0, 0.05) is 23.7 Å². The normalized spacial score (nSPS) is 18.0. The van der Waals surface area contributed by atoms with Crippen molar-refractivity contribution in [2.24, 2.45) is 0 Å². The van der Waals surface area contributed by atoms with Crippen molar-refractivity contribution in [2.75, 3.05) is 20.3 Å². The van der Waals surface area contributed by atoms with Gasteiger partial charge in [-0.2, -0.15) is 13.2 Å². The Morgan fingerprint density at radius 3 is 2.71 bits per heavy atom. The molecule has 5 nitrogen and oxygen atoms in total. The highest BCUT2D eigenvalue weighted by molar-refractivity contribution is 5.37. The second-order valence-corrected chi connectivity index (χ2v) is 7.12. The zero-order chi connectivity index (χ0) is 20.3. The third-order valence-electron chi connectivity index (χ3n) is 5.04. The summed E-state index contributed by atoms with van der Waals surface area (Å²) in [6.45, 7) is 4.08. The topological polar surface area (TPSA) is 47.7 Å². The van der Waals surface area contributed by atoms with Gasteiger partial charge in [-0.1, -0.05) is 11.2 Å². The maximum atomic E-state index is 12.4. The van der Waals surface area contributed by atoms with Crippen molar-refractivity contribution in [2.45, 2.75) is 52.1 Å². The lowest BCUT2D eigenvalue weighted by Gasteiger charge is -2.25. The lowest BCUT2D eigenvalue weighted by molar-refractivity contribution is -0.176. The average Bonchev–Trinajstić information content (AvgIpc) is 3.20. The molecule has 1 atom stereocenters. The van der Waals surface area contributed by atoms with E-state index in [4.69, 9.17) is 14.0 Å². The SMILES string of the molecule is COc1ccc(CN2CCC[C@@H]2c2c(C)noc2C)cc1COCC(F)(F)F. The quantitative estimate of drug-likeness (QED) is 0.676. The van der Waals surface area contributed by atoms with Gasteiger partial charge in [0.2, 0.25) is 0 Å². The molecule has 1 aromatic heterocycles. The number of rotatable bonds is 7. The fraction of sp³-hybridized carbons (Fsp3) is 0.550. The molecule has 0 unspecified atom stereocenters. The fourth-order valence-corrected chi connectivity index (χ4v) is 3.86. The summed E-state index contributed by atoms with van der Waals surface area (Å²) in [5.41, 5.74) is 3.66. The van der Waals surface area contributed by atoms with Gasteiger partial charge in [-0.15, -0.1) is 0 Å². The first-order chi connectivity index (χ1) is 13.3. The van der Waals surface area contributed by atoms with Crippen molar-refractivity contribution < 1.29 is 27.2 Å². The predicted octanol–water partition coefficient (Wildman–Crippen LogP) is 4.72. The summed E-state index contributed by atoms with van der Waals surface area (Å²) < 4.78 is 52.5. The molecule has 1 aliphatic heterocycles. The van der Waals surface area contributed by atoms with Crippen molar-refractivity contribution in [3.05, 3.63) is 46.3 Å². The van der Waals surface area contributed by atoms with Crippen molar-refractivity contribution in [1.82, 2.24) is 10.1 Å². The van der Waals surface area contributed by atoms with Crippen LogP contribution in [-0.4, -0.2) is 36.5 Å². The first-order valence-electron chi connectivity index (χ1n) is 9.25. The second kappa shape index (κ2) is 8.53. The summed E-state index contributed by atoms with van der Waals surface area (Å²) in [6.07, 6.45) is -2.24. The van der Waals surface area contributed by atoms with Crippen LogP contribution in [0.25, 0.3) is 0 Å². The molecular formula is C20H25F3N2O3. The number of hydrogen-bond acceptors (Lipinski definition) is 5. The smallest absolute Gasteiger partial charge is 0.411 e. The molecule has 0 radical (unpaired) electrons. The lowest BCUT2D eigenvalue weighted by Crippen LogP contribution is -2.23. The van der Waals surface area contributed by atoms with E-state index in [2.05, 4.69) is 10.1 Å². The number of methoxy groups -OCH3 is 1. The molecule has 1 saturated heterocycles. The van der Waals surface area contributed by atoms with Crippen molar-refractivity contribution in [3.63, 3.8) is 0 Å². The summed E-state index contributed by atoms with van der Waals surface area (Å²) in [5.74, 6) is 1.36. The number of nitrogens with zero attached hydrogens (tertiary/aromatic N) is 2. The number of alkyl halides is 3. The standard InChI is InChI=1S/C20H25F3N2O3/c1-13-19(14(2)28-24-13)17-5-4-8-25(17)10-15-6-7-18(26-3)16(9-15)11-27-12-20(21,22)23/h6-7,9,17H,4-5,8,10-12H2,1-3H3/t17-/m1/s1. The van der Waals surface area contributed by atoms with Gasteiger partial charge in [-0.05, 0) is 50.9 Å². The van der Waals surface area contributed by atoms with Gasteiger partial charge in [-0.25, -0.2) is 0 Å². The highest BCUT2D eigenvalue weighted by Crippen LogP contribution is 2.36.